The fourth-order valence-electron chi connectivity index (χ4n) is 8.58. The molecule has 0 unspecified atom stereocenters. The van der Waals surface area contributed by atoms with Crippen LogP contribution in [0.1, 0.15) is 47.8 Å². The molecule has 0 aliphatic rings. The van der Waals surface area contributed by atoms with E-state index in [-0.39, 0.29) is 29.5 Å². The number of anilines is 5. The summed E-state index contributed by atoms with van der Waals surface area (Å²) in [6, 6.07) is 36.5. The molecule has 7 aromatic carbocycles. The van der Waals surface area contributed by atoms with Gasteiger partial charge in [0.2, 0.25) is 0 Å². The minimum absolute atomic E-state index is 0.119. The number of hydrogen-bond acceptors (Lipinski definition) is 19. The number of benzene rings is 7. The summed E-state index contributed by atoms with van der Waals surface area (Å²) in [6.45, 7) is 11.6. The Morgan fingerprint density at radius 3 is 1.30 bits per heavy atom. The molecule has 89 heavy (non-hydrogen) atoms. The number of aromatic nitrogens is 6. The number of phenols is 4. The minimum Gasteiger partial charge on any atom is -0.506 e. The molecule has 12 aromatic rings. The van der Waals surface area contributed by atoms with Crippen LogP contribution in [0.3, 0.4) is 0 Å². The summed E-state index contributed by atoms with van der Waals surface area (Å²) < 4.78 is 24.2. The predicted molar refractivity (Wildman–Crippen MR) is 364 cm³/mol. The Kier molecular flexibility index (Phi) is 21.0. The van der Waals surface area contributed by atoms with Crippen LogP contribution < -0.4 is 31.7 Å². The Morgan fingerprint density at radius 2 is 0.910 bits per heavy atom. The quantitative estimate of drug-likeness (QED) is 0.0483. The number of aromatic hydroxyl groups is 4. The topological polar surface area (TPSA) is 234 Å². The maximum atomic E-state index is 13.6. The van der Waals surface area contributed by atoms with Crippen LogP contribution in [0.5, 0.6) is 28.7 Å². The van der Waals surface area contributed by atoms with Gasteiger partial charge in [0.25, 0.3) is 0 Å². The molecule has 0 aliphatic heterocycles. The molecular formula is C68H60FN11O5S4. The highest BCUT2D eigenvalue weighted by Crippen LogP contribution is 2.34. The number of nitrogens with zero attached hydrogens (tertiary/aromatic N) is 6. The van der Waals surface area contributed by atoms with Crippen LogP contribution in [0.15, 0.2) is 128 Å². The van der Waals surface area contributed by atoms with E-state index in [1.54, 1.807) is 82.2 Å². The molecule has 0 atom stereocenters. The molecule has 0 radical (unpaired) electrons. The highest BCUT2D eigenvalue weighted by Gasteiger charge is 2.11. The summed E-state index contributed by atoms with van der Waals surface area (Å²) in [4.78, 5) is 17.2. The summed E-state index contributed by atoms with van der Waals surface area (Å²) in [5, 5.41) is 60.3. The van der Waals surface area contributed by atoms with Crippen molar-refractivity contribution in [3.05, 3.63) is 181 Å². The lowest BCUT2D eigenvalue weighted by Crippen LogP contribution is -2.01. The van der Waals surface area contributed by atoms with Gasteiger partial charge >= 0.3 is 0 Å². The first-order valence-corrected chi connectivity index (χ1v) is 30.8. The van der Waals surface area contributed by atoms with Crippen molar-refractivity contribution in [2.45, 2.75) is 34.6 Å². The highest BCUT2D eigenvalue weighted by molar-refractivity contribution is 7.19. The highest BCUT2D eigenvalue weighted by atomic mass is 32.1. The smallest absolute Gasteiger partial charge is 0.148 e. The Bertz CT molecular complexity index is 4770. The van der Waals surface area contributed by atoms with Crippen LogP contribution >= 0.6 is 45.3 Å². The Balaban J connectivity index is 0.000000141. The SMILES string of the molecule is COc1ccc(NCC#Cc2cc(O)c3nc(C)sc3c2)cc1.Cc1cccc(NCC#Cc2cc(O)c3nc(C)sc3c2)c1.Cc1nc2c(O)cc(C#CCNc3ccc(N)cc3F)cc2s1.Cc1nc2c(O)cc(C#CCNc3ccn(C)n3)cc2s1. The van der Waals surface area contributed by atoms with Gasteiger partial charge in [-0.2, -0.15) is 5.10 Å². The van der Waals surface area contributed by atoms with E-state index in [1.807, 2.05) is 108 Å². The number of halogens is 1. The summed E-state index contributed by atoms with van der Waals surface area (Å²) in [5.41, 5.74) is 15.1. The first-order chi connectivity index (χ1) is 42.9. The molecule has 0 aliphatic carbocycles. The van der Waals surface area contributed by atoms with Gasteiger partial charge in [-0.15, -0.1) is 45.3 Å². The third kappa shape index (κ3) is 17.8. The van der Waals surface area contributed by atoms with Crippen LogP contribution in [-0.2, 0) is 7.05 Å². The molecule has 0 spiro atoms. The van der Waals surface area contributed by atoms with Crippen LogP contribution in [0, 0.1) is 87.8 Å². The Labute approximate surface area is 530 Å². The number of nitrogen functional groups attached to an aromatic ring is 1. The van der Waals surface area contributed by atoms with E-state index < -0.39 is 5.82 Å². The summed E-state index contributed by atoms with van der Waals surface area (Å²) in [5.74, 6) is 26.1. The Hall–Kier alpha value is -10.5. The summed E-state index contributed by atoms with van der Waals surface area (Å²) >= 11 is 6.17. The van der Waals surface area contributed by atoms with Gasteiger partial charge in [-0.25, -0.2) is 24.3 Å². The number of methoxy groups -OCH3 is 1. The van der Waals surface area contributed by atoms with Crippen LogP contribution in [0.2, 0.25) is 0 Å². The second-order valence-corrected chi connectivity index (χ2v) is 24.6. The van der Waals surface area contributed by atoms with Crippen molar-refractivity contribution < 1.29 is 29.6 Å². The first kappa shape index (κ1) is 63.0. The number of rotatable bonds is 9. The number of nitrogens with one attached hydrogen (secondary N) is 4. The number of phenolic OH excluding ortho intramolecular Hbond substituents is 4. The molecule has 21 heteroatoms. The predicted octanol–water partition coefficient (Wildman–Crippen LogP) is 13.9. The van der Waals surface area contributed by atoms with E-state index in [4.69, 9.17) is 10.5 Å². The zero-order valence-electron chi connectivity index (χ0n) is 49.4. The molecule has 12 rings (SSSR count). The molecule has 448 valence electrons. The van der Waals surface area contributed by atoms with Crippen molar-refractivity contribution >= 4 is 115 Å². The molecular weight excluding hydrogens is 1200 g/mol. The van der Waals surface area contributed by atoms with Gasteiger partial charge in [0.15, 0.2) is 0 Å². The number of fused-ring (bicyclic) bond motifs is 4. The number of hydrogen-bond donors (Lipinski definition) is 9. The molecule has 0 saturated heterocycles. The Morgan fingerprint density at radius 1 is 0.494 bits per heavy atom. The van der Waals surface area contributed by atoms with E-state index in [1.165, 1.54) is 23.0 Å². The van der Waals surface area contributed by atoms with E-state index in [0.29, 0.717) is 58.6 Å². The van der Waals surface area contributed by atoms with Gasteiger partial charge in [-0.3, -0.25) is 4.68 Å². The monoisotopic (exact) mass is 1260 g/mol. The maximum Gasteiger partial charge on any atom is 0.148 e. The average molecular weight is 1260 g/mol. The molecule has 0 fully saturated rings. The number of nitrogens with two attached hydrogens (primary N) is 1. The largest absolute Gasteiger partial charge is 0.506 e. The van der Waals surface area contributed by atoms with Crippen molar-refractivity contribution in [3.8, 4) is 76.1 Å². The van der Waals surface area contributed by atoms with Crippen molar-refractivity contribution in [2.24, 2.45) is 7.05 Å². The molecule has 16 nitrogen and oxygen atoms in total. The lowest BCUT2D eigenvalue weighted by Gasteiger charge is -2.04. The number of thiazole rings is 4. The molecule has 0 saturated carbocycles. The number of aryl methyl sites for hydroxylation is 6. The standard InChI is InChI=1S/C18H16N2O2S.C18H16N2OS.C17H14FN3OS.C15H14N4OS/c1-12-20-18-16(21)10-13(11-17(18)23-12)4-3-9-19-14-5-7-15(22-2)8-6-14;1-12-5-3-7-15(9-12)19-8-4-6-14-10-16(21)18-17(11-14)22-13(2)20-18;1-10-21-17-15(22)7-11(8-16(17)23-10)3-2-6-20-14-5-4-12(19)9-13(14)18;1-10-17-15-12(20)8-11(9-13(15)21-10)4-3-6-16-14-5-7-19(2)18-14/h5-8,10-11,19,21H,9H2,1-2H3;3,5,7,9-11,19,21H,8H2,1-2H3;4-5,7-9,20,22H,6,19H2,1H3;5,7-9,20H,6H2,1-2H3,(H,16,18). The van der Waals surface area contributed by atoms with Crippen molar-refractivity contribution in [1.29, 1.82) is 0 Å². The van der Waals surface area contributed by atoms with Gasteiger partial charge < -0.3 is 52.2 Å². The van der Waals surface area contributed by atoms with Gasteiger partial charge in [-0.05, 0) is 143 Å². The van der Waals surface area contributed by atoms with Gasteiger partial charge in [0.05, 0.1) is 77.8 Å². The second kappa shape index (κ2) is 29.7. The normalized spacial score (nSPS) is 10.3. The van der Waals surface area contributed by atoms with Crippen LogP contribution in [-0.4, -0.2) is 83.4 Å². The molecule has 0 amide bonds. The zero-order chi connectivity index (χ0) is 63.0. The summed E-state index contributed by atoms with van der Waals surface area (Å²) in [6.07, 6.45) is 1.87. The molecule has 5 heterocycles. The average Bonchev–Trinajstić information content (AvgIpc) is 2.55. The van der Waals surface area contributed by atoms with Gasteiger partial charge in [0, 0.05) is 58.6 Å². The van der Waals surface area contributed by atoms with Gasteiger partial charge in [0.1, 0.15) is 62.4 Å². The van der Waals surface area contributed by atoms with Gasteiger partial charge in [-0.1, -0.05) is 59.5 Å². The van der Waals surface area contributed by atoms with E-state index in [9.17, 15) is 24.8 Å². The third-order valence-electron chi connectivity index (χ3n) is 12.6. The molecule has 10 N–H and O–H groups in total. The lowest BCUT2D eigenvalue weighted by atomic mass is 10.2. The van der Waals surface area contributed by atoms with E-state index in [2.05, 4.69) is 113 Å². The van der Waals surface area contributed by atoms with Crippen molar-refractivity contribution in [3.63, 3.8) is 0 Å². The maximum absolute atomic E-state index is 13.6. The van der Waals surface area contributed by atoms with E-state index >= 15 is 0 Å². The second-order valence-electron chi connectivity index (χ2n) is 19.6. The fraction of sp³-hybridized carbons (Fsp3) is 0.162. The first-order valence-electron chi connectivity index (χ1n) is 27.5. The lowest BCUT2D eigenvalue weighted by molar-refractivity contribution is 0.415. The third-order valence-corrected chi connectivity index (χ3v) is 16.2. The summed E-state index contributed by atoms with van der Waals surface area (Å²) in [7, 11) is 3.51. The van der Waals surface area contributed by atoms with Crippen LogP contribution in [0.25, 0.3) is 40.9 Å². The minimum atomic E-state index is -0.411. The molecule has 5 aromatic heterocycles. The zero-order valence-corrected chi connectivity index (χ0v) is 52.7. The number of ether oxygens (including phenoxy) is 1. The molecule has 0 bridgehead atoms. The van der Waals surface area contributed by atoms with Crippen molar-refractivity contribution in [2.75, 3.05) is 60.3 Å². The van der Waals surface area contributed by atoms with E-state index in [0.717, 1.165) is 78.5 Å². The fourth-order valence-corrected chi connectivity index (χ4v) is 12.1. The van der Waals surface area contributed by atoms with Crippen molar-refractivity contribution in [1.82, 2.24) is 29.7 Å². The van der Waals surface area contributed by atoms with Crippen LogP contribution in [0.4, 0.5) is 33.0 Å².